The SMILES string of the molecule is OC(CCC1CC1)c1nc2ccccc2cc1Br. The predicted octanol–water partition coefficient (Wildman–Crippen LogP) is 4.22. The maximum absolute atomic E-state index is 10.2. The van der Waals surface area contributed by atoms with Crippen molar-refractivity contribution in [2.24, 2.45) is 5.92 Å². The summed E-state index contributed by atoms with van der Waals surface area (Å²) in [7, 11) is 0. The maximum atomic E-state index is 10.2. The summed E-state index contributed by atoms with van der Waals surface area (Å²) in [5.41, 5.74) is 1.72. The van der Waals surface area contributed by atoms with E-state index < -0.39 is 6.10 Å². The molecule has 1 heterocycles. The molecule has 1 aromatic heterocycles. The van der Waals surface area contributed by atoms with E-state index in [1.54, 1.807) is 0 Å². The van der Waals surface area contributed by atoms with Crippen molar-refractivity contribution in [1.82, 2.24) is 4.98 Å². The van der Waals surface area contributed by atoms with Gasteiger partial charge < -0.3 is 5.11 Å². The van der Waals surface area contributed by atoms with E-state index in [9.17, 15) is 5.11 Å². The first-order valence-corrected chi connectivity index (χ1v) is 7.26. The van der Waals surface area contributed by atoms with Crippen molar-refractivity contribution in [2.75, 3.05) is 0 Å². The number of aliphatic hydroxyl groups excluding tert-OH is 1. The first-order valence-electron chi connectivity index (χ1n) is 6.47. The Morgan fingerprint density at radius 2 is 2.11 bits per heavy atom. The molecule has 1 atom stereocenters. The Morgan fingerprint density at radius 1 is 1.33 bits per heavy atom. The normalized spacial score (nSPS) is 17.0. The minimum absolute atomic E-state index is 0.454. The second-order valence-corrected chi connectivity index (χ2v) is 5.94. The Balaban J connectivity index is 1.87. The zero-order valence-corrected chi connectivity index (χ0v) is 11.7. The molecule has 94 valence electrons. The van der Waals surface area contributed by atoms with Gasteiger partial charge >= 0.3 is 0 Å². The number of pyridine rings is 1. The van der Waals surface area contributed by atoms with Crippen LogP contribution >= 0.6 is 15.9 Å². The van der Waals surface area contributed by atoms with Gasteiger partial charge in [0.1, 0.15) is 0 Å². The number of hydrogen-bond donors (Lipinski definition) is 1. The summed E-state index contributed by atoms with van der Waals surface area (Å²) in [6.07, 6.45) is 4.14. The monoisotopic (exact) mass is 305 g/mol. The zero-order valence-electron chi connectivity index (χ0n) is 10.1. The summed E-state index contributed by atoms with van der Waals surface area (Å²) >= 11 is 3.52. The van der Waals surface area contributed by atoms with Gasteiger partial charge in [-0.25, -0.2) is 4.98 Å². The highest BCUT2D eigenvalue weighted by molar-refractivity contribution is 9.10. The van der Waals surface area contributed by atoms with Crippen LogP contribution in [0.1, 0.15) is 37.5 Å². The Labute approximate surface area is 115 Å². The summed E-state index contributed by atoms with van der Waals surface area (Å²) in [4.78, 5) is 4.58. The van der Waals surface area contributed by atoms with Crippen LogP contribution in [0.2, 0.25) is 0 Å². The molecule has 3 rings (SSSR count). The molecule has 1 unspecified atom stereocenters. The molecule has 18 heavy (non-hydrogen) atoms. The molecule has 0 radical (unpaired) electrons. The van der Waals surface area contributed by atoms with Gasteiger partial charge in [0, 0.05) is 9.86 Å². The maximum Gasteiger partial charge on any atom is 0.0971 e. The molecule has 0 spiro atoms. The quantitative estimate of drug-likeness (QED) is 0.917. The van der Waals surface area contributed by atoms with Crippen molar-refractivity contribution >= 4 is 26.8 Å². The van der Waals surface area contributed by atoms with Crippen LogP contribution in [0, 0.1) is 5.92 Å². The molecule has 2 aromatic rings. The number of nitrogens with zero attached hydrogens (tertiary/aromatic N) is 1. The minimum Gasteiger partial charge on any atom is -0.387 e. The molecule has 1 aliphatic rings. The number of hydrogen-bond acceptors (Lipinski definition) is 2. The second-order valence-electron chi connectivity index (χ2n) is 5.08. The summed E-state index contributed by atoms with van der Waals surface area (Å²) in [5.74, 6) is 0.846. The fourth-order valence-corrected chi connectivity index (χ4v) is 2.88. The molecule has 0 saturated heterocycles. The van der Waals surface area contributed by atoms with E-state index in [-0.39, 0.29) is 0 Å². The van der Waals surface area contributed by atoms with E-state index in [1.807, 2.05) is 30.3 Å². The average Bonchev–Trinajstić information content (AvgIpc) is 3.19. The lowest BCUT2D eigenvalue weighted by Crippen LogP contribution is -2.02. The van der Waals surface area contributed by atoms with E-state index in [0.717, 1.165) is 39.8 Å². The van der Waals surface area contributed by atoms with Crippen LogP contribution in [-0.2, 0) is 0 Å². The van der Waals surface area contributed by atoms with Crippen LogP contribution in [0.3, 0.4) is 0 Å². The number of halogens is 1. The highest BCUT2D eigenvalue weighted by atomic mass is 79.9. The van der Waals surface area contributed by atoms with E-state index >= 15 is 0 Å². The van der Waals surface area contributed by atoms with E-state index in [1.165, 1.54) is 12.8 Å². The number of benzene rings is 1. The lowest BCUT2D eigenvalue weighted by molar-refractivity contribution is 0.157. The standard InChI is InChI=1S/C15H16BrNO/c16-12-9-11-3-1-2-4-13(11)17-15(12)14(18)8-7-10-5-6-10/h1-4,9-10,14,18H,5-8H2. The summed E-state index contributed by atoms with van der Waals surface area (Å²) < 4.78 is 0.907. The van der Waals surface area contributed by atoms with Crippen LogP contribution in [0.15, 0.2) is 34.8 Å². The lowest BCUT2D eigenvalue weighted by atomic mass is 10.1. The van der Waals surface area contributed by atoms with E-state index in [0.29, 0.717) is 0 Å². The predicted molar refractivity (Wildman–Crippen MR) is 76.4 cm³/mol. The van der Waals surface area contributed by atoms with Gasteiger partial charge in [-0.15, -0.1) is 0 Å². The molecule has 1 saturated carbocycles. The number of rotatable bonds is 4. The summed E-state index contributed by atoms with van der Waals surface area (Å²) in [5, 5.41) is 11.3. The van der Waals surface area contributed by atoms with Crippen LogP contribution in [0.25, 0.3) is 10.9 Å². The molecule has 1 aromatic carbocycles. The Hall–Kier alpha value is -0.930. The molecular weight excluding hydrogens is 290 g/mol. The average molecular weight is 306 g/mol. The van der Waals surface area contributed by atoms with Gasteiger partial charge in [0.25, 0.3) is 0 Å². The fourth-order valence-electron chi connectivity index (χ4n) is 2.28. The Morgan fingerprint density at radius 3 is 2.89 bits per heavy atom. The van der Waals surface area contributed by atoms with E-state index in [4.69, 9.17) is 0 Å². The van der Waals surface area contributed by atoms with Crippen molar-refractivity contribution in [3.63, 3.8) is 0 Å². The van der Waals surface area contributed by atoms with Crippen molar-refractivity contribution in [3.8, 4) is 0 Å². The molecule has 3 heteroatoms. The van der Waals surface area contributed by atoms with Gasteiger partial charge in [-0.2, -0.15) is 0 Å². The molecular formula is C15H16BrNO. The third-order valence-corrected chi connectivity index (χ3v) is 4.20. The van der Waals surface area contributed by atoms with Crippen molar-refractivity contribution < 1.29 is 5.11 Å². The summed E-state index contributed by atoms with van der Waals surface area (Å²) in [6, 6.07) is 10.0. The Bertz CT molecular complexity index is 565. The van der Waals surface area contributed by atoms with Crippen LogP contribution in [0.5, 0.6) is 0 Å². The number of aromatic nitrogens is 1. The third-order valence-electron chi connectivity index (χ3n) is 3.57. The highest BCUT2D eigenvalue weighted by Crippen LogP contribution is 2.37. The van der Waals surface area contributed by atoms with Gasteiger partial charge in [-0.05, 0) is 46.8 Å². The minimum atomic E-state index is -0.454. The Kier molecular flexibility index (Phi) is 3.35. The number of aliphatic hydroxyl groups is 1. The van der Waals surface area contributed by atoms with E-state index in [2.05, 4.69) is 20.9 Å². The van der Waals surface area contributed by atoms with Crippen molar-refractivity contribution in [3.05, 3.63) is 40.5 Å². The van der Waals surface area contributed by atoms with Gasteiger partial charge in [0.05, 0.1) is 17.3 Å². The molecule has 0 amide bonds. The number of para-hydroxylation sites is 1. The smallest absolute Gasteiger partial charge is 0.0971 e. The first-order chi connectivity index (χ1) is 8.74. The van der Waals surface area contributed by atoms with Crippen LogP contribution in [-0.4, -0.2) is 10.1 Å². The molecule has 0 aliphatic heterocycles. The molecule has 1 fully saturated rings. The summed E-state index contributed by atoms with van der Waals surface area (Å²) in [6.45, 7) is 0. The topological polar surface area (TPSA) is 33.1 Å². The third kappa shape index (κ3) is 2.57. The molecule has 1 N–H and O–H groups in total. The molecule has 2 nitrogen and oxygen atoms in total. The molecule has 1 aliphatic carbocycles. The number of fused-ring (bicyclic) bond motifs is 1. The lowest BCUT2D eigenvalue weighted by Gasteiger charge is -2.12. The van der Waals surface area contributed by atoms with Gasteiger partial charge in [0.15, 0.2) is 0 Å². The van der Waals surface area contributed by atoms with Crippen LogP contribution < -0.4 is 0 Å². The molecule has 0 bridgehead atoms. The van der Waals surface area contributed by atoms with Gasteiger partial charge in [-0.3, -0.25) is 0 Å². The van der Waals surface area contributed by atoms with Crippen molar-refractivity contribution in [1.29, 1.82) is 0 Å². The highest BCUT2D eigenvalue weighted by Gasteiger charge is 2.23. The first kappa shape index (κ1) is 12.1. The van der Waals surface area contributed by atoms with Gasteiger partial charge in [0.2, 0.25) is 0 Å². The largest absolute Gasteiger partial charge is 0.387 e. The second kappa shape index (κ2) is 4.98. The van der Waals surface area contributed by atoms with Crippen molar-refractivity contribution in [2.45, 2.75) is 31.8 Å². The fraction of sp³-hybridized carbons (Fsp3) is 0.400. The van der Waals surface area contributed by atoms with Crippen LogP contribution in [0.4, 0.5) is 0 Å². The zero-order chi connectivity index (χ0) is 12.5. The van der Waals surface area contributed by atoms with Gasteiger partial charge in [-0.1, -0.05) is 31.0 Å².